The van der Waals surface area contributed by atoms with Gasteiger partial charge < -0.3 is 12.5 Å². The zero-order valence-corrected chi connectivity index (χ0v) is 16.8. The number of ketones is 2. The van der Waals surface area contributed by atoms with Gasteiger partial charge in [0.05, 0.1) is 5.56 Å². The van der Waals surface area contributed by atoms with E-state index in [1.54, 1.807) is 25.1 Å². The Labute approximate surface area is 164 Å². The number of hydrogen-bond donors (Lipinski definition) is 1. The van der Waals surface area contributed by atoms with E-state index in [0.29, 0.717) is 18.4 Å². The predicted molar refractivity (Wildman–Crippen MR) is 90.2 cm³/mol. The Kier molecular flexibility index (Phi) is 13.7. The van der Waals surface area contributed by atoms with Gasteiger partial charge in [-0.1, -0.05) is 56.3 Å². The van der Waals surface area contributed by atoms with E-state index in [9.17, 15) is 14.7 Å². The van der Waals surface area contributed by atoms with E-state index >= 15 is 0 Å². The third kappa shape index (κ3) is 8.19. The Bertz CT molecular complexity index is 595. The molecule has 1 N–H and O–H groups in total. The van der Waals surface area contributed by atoms with Crippen molar-refractivity contribution in [2.45, 2.75) is 26.7 Å². The molecule has 4 heteroatoms. The van der Waals surface area contributed by atoms with Crippen molar-refractivity contribution in [1.29, 1.82) is 0 Å². The van der Waals surface area contributed by atoms with Gasteiger partial charge in [0.25, 0.3) is 0 Å². The normalized spacial score (nSPS) is 8.61. The van der Waals surface area contributed by atoms with Crippen molar-refractivity contribution >= 4 is 11.6 Å². The zero-order valence-electron chi connectivity index (χ0n) is 14.0. The summed E-state index contributed by atoms with van der Waals surface area (Å²) < 4.78 is 0. The van der Waals surface area contributed by atoms with Crippen LogP contribution in [0.2, 0.25) is 0 Å². The molecule has 0 heterocycles. The zero-order chi connectivity index (χ0) is 15.7. The predicted octanol–water partition coefficient (Wildman–Crippen LogP) is 4.71. The van der Waals surface area contributed by atoms with E-state index < -0.39 is 0 Å². The largest absolute Gasteiger partial charge is 0.507 e. The Hall–Kier alpha value is -1.32. The summed E-state index contributed by atoms with van der Waals surface area (Å²) in [6, 6.07) is 15.9. The van der Waals surface area contributed by atoms with Crippen LogP contribution in [0.3, 0.4) is 0 Å². The number of benzene rings is 2. The Morgan fingerprint density at radius 2 is 1.30 bits per heavy atom. The molecule has 0 saturated heterocycles. The number of Topliss-reactive ketones (excluding diaryl/α,β-unsaturated/α-hetero) is 2. The molecule has 0 fully saturated rings. The molecule has 0 bridgehead atoms. The van der Waals surface area contributed by atoms with Crippen LogP contribution in [0.1, 0.15) is 47.4 Å². The van der Waals surface area contributed by atoms with Gasteiger partial charge in [0, 0.05) is 51.1 Å². The summed E-state index contributed by atoms with van der Waals surface area (Å²) in [5.41, 5.74) is 1.22. The number of phenols is 1. The second kappa shape index (κ2) is 13.2. The van der Waals surface area contributed by atoms with Crippen LogP contribution < -0.4 is 0 Å². The number of phenolic OH excluding ortho intramolecular Hbond substituents is 1. The third-order valence-corrected chi connectivity index (χ3v) is 2.94. The van der Waals surface area contributed by atoms with Crippen LogP contribution in [-0.2, 0) is 32.7 Å². The first-order valence-corrected chi connectivity index (χ1v) is 6.99. The molecule has 0 spiro atoms. The van der Waals surface area contributed by atoms with E-state index in [2.05, 4.69) is 0 Å². The SMILES string of the molecule is CCC(=O)c1ccccc1.CCC(=O)c1ccccc1O.[CH3-].[Y]. The van der Waals surface area contributed by atoms with Crippen molar-refractivity contribution in [1.82, 2.24) is 0 Å². The van der Waals surface area contributed by atoms with Gasteiger partial charge in [-0.05, 0) is 12.1 Å². The maximum Gasteiger partial charge on any atom is 0.166 e. The molecule has 1 radical (unpaired) electrons. The van der Waals surface area contributed by atoms with Gasteiger partial charge >= 0.3 is 0 Å². The molecule has 0 unspecified atom stereocenters. The Balaban J connectivity index is 0. The summed E-state index contributed by atoms with van der Waals surface area (Å²) in [4.78, 5) is 22.1. The number of carbonyl (C=O) groups excluding carboxylic acids is 2. The molecule has 0 aliphatic rings. The van der Waals surface area contributed by atoms with E-state index in [-0.39, 0.29) is 57.5 Å². The van der Waals surface area contributed by atoms with Gasteiger partial charge in [0.15, 0.2) is 11.6 Å². The number of rotatable bonds is 4. The molecule has 0 amide bonds. The van der Waals surface area contributed by atoms with Gasteiger partial charge in [0.2, 0.25) is 0 Å². The van der Waals surface area contributed by atoms with Crippen molar-refractivity contribution in [3.05, 3.63) is 73.2 Å². The minimum Gasteiger partial charge on any atom is -0.507 e. The van der Waals surface area contributed by atoms with Crippen LogP contribution in [0.4, 0.5) is 0 Å². The molecule has 121 valence electrons. The monoisotopic (exact) mass is 388 g/mol. The third-order valence-electron chi connectivity index (χ3n) is 2.94. The van der Waals surface area contributed by atoms with E-state index in [4.69, 9.17) is 0 Å². The fourth-order valence-corrected chi connectivity index (χ4v) is 1.73. The number of para-hydroxylation sites is 1. The Morgan fingerprint density at radius 3 is 1.78 bits per heavy atom. The first-order valence-electron chi connectivity index (χ1n) is 6.99. The quantitative estimate of drug-likeness (QED) is 0.610. The summed E-state index contributed by atoms with van der Waals surface area (Å²) >= 11 is 0. The molecular formula is C19H23O3Y-. The second-order valence-corrected chi connectivity index (χ2v) is 4.44. The summed E-state index contributed by atoms with van der Waals surface area (Å²) in [6.45, 7) is 3.64. The van der Waals surface area contributed by atoms with Crippen molar-refractivity contribution in [2.24, 2.45) is 0 Å². The molecule has 0 aliphatic heterocycles. The smallest absolute Gasteiger partial charge is 0.166 e. The fourth-order valence-electron chi connectivity index (χ4n) is 1.73. The van der Waals surface area contributed by atoms with Crippen molar-refractivity contribution in [2.75, 3.05) is 0 Å². The molecule has 2 aromatic rings. The van der Waals surface area contributed by atoms with E-state index in [1.807, 2.05) is 37.3 Å². The molecule has 0 aliphatic carbocycles. The molecule has 3 nitrogen and oxygen atoms in total. The maximum atomic E-state index is 11.1. The summed E-state index contributed by atoms with van der Waals surface area (Å²) in [7, 11) is 0. The van der Waals surface area contributed by atoms with Crippen LogP contribution in [0.5, 0.6) is 5.75 Å². The van der Waals surface area contributed by atoms with Crippen LogP contribution in [0.15, 0.2) is 54.6 Å². The van der Waals surface area contributed by atoms with Gasteiger partial charge in [0.1, 0.15) is 5.75 Å². The van der Waals surface area contributed by atoms with Crippen LogP contribution in [-0.4, -0.2) is 16.7 Å². The standard InChI is InChI=1S/C9H10O2.C9H10O.CH3.Y/c1-2-8(10)7-5-3-4-6-9(7)11;1-2-9(10)8-6-4-3-5-7-8;;/h3-6,11H,2H2,1H3;3-7H,2H2,1H3;1H3;/q;;-1;. The average molecular weight is 388 g/mol. The minimum absolute atomic E-state index is 0. The molecule has 0 aromatic heterocycles. The summed E-state index contributed by atoms with van der Waals surface area (Å²) in [6.07, 6.45) is 1.02. The van der Waals surface area contributed by atoms with Crippen LogP contribution in [0.25, 0.3) is 0 Å². The Morgan fingerprint density at radius 1 is 0.826 bits per heavy atom. The van der Waals surface area contributed by atoms with Crippen LogP contribution in [0, 0.1) is 7.43 Å². The first-order chi connectivity index (χ1) is 10.1. The maximum absolute atomic E-state index is 11.1. The molecule has 0 saturated carbocycles. The van der Waals surface area contributed by atoms with Crippen molar-refractivity contribution < 1.29 is 47.4 Å². The van der Waals surface area contributed by atoms with Crippen molar-refractivity contribution in [3.8, 4) is 5.75 Å². The molecule has 2 aromatic carbocycles. The summed E-state index contributed by atoms with van der Waals surface area (Å²) in [5, 5.41) is 9.19. The van der Waals surface area contributed by atoms with E-state index in [0.717, 1.165) is 5.56 Å². The van der Waals surface area contributed by atoms with Crippen LogP contribution >= 0.6 is 0 Å². The van der Waals surface area contributed by atoms with E-state index in [1.165, 1.54) is 6.07 Å². The average Bonchev–Trinajstić information content (AvgIpc) is 2.55. The fraction of sp³-hybridized carbons (Fsp3) is 0.211. The minimum atomic E-state index is -0.0249. The number of aromatic hydroxyl groups is 1. The first kappa shape index (κ1) is 23.9. The second-order valence-electron chi connectivity index (χ2n) is 4.44. The topological polar surface area (TPSA) is 54.4 Å². The molecule has 2 rings (SSSR count). The number of hydrogen-bond acceptors (Lipinski definition) is 3. The molecule has 0 atom stereocenters. The van der Waals surface area contributed by atoms with Gasteiger partial charge in [-0.15, -0.1) is 0 Å². The van der Waals surface area contributed by atoms with Gasteiger partial charge in [-0.3, -0.25) is 9.59 Å². The molecule has 23 heavy (non-hydrogen) atoms. The molecular weight excluding hydrogens is 365 g/mol. The van der Waals surface area contributed by atoms with Crippen molar-refractivity contribution in [3.63, 3.8) is 0 Å². The van der Waals surface area contributed by atoms with Gasteiger partial charge in [-0.25, -0.2) is 0 Å². The van der Waals surface area contributed by atoms with Gasteiger partial charge in [-0.2, -0.15) is 0 Å². The number of carbonyl (C=O) groups is 2. The summed E-state index contributed by atoms with van der Waals surface area (Å²) in [5.74, 6) is 0.253.